The number of hydrogen-bond donors (Lipinski definition) is 1. The van der Waals surface area contributed by atoms with E-state index in [0.717, 1.165) is 37.6 Å². The second-order valence-electron chi connectivity index (χ2n) is 7.48. The Hall–Kier alpha value is -1.85. The minimum absolute atomic E-state index is 0.184. The maximum absolute atomic E-state index is 6.22. The summed E-state index contributed by atoms with van der Waals surface area (Å²) < 4.78 is 7.78. The van der Waals surface area contributed by atoms with Crippen molar-refractivity contribution in [2.45, 2.75) is 39.5 Å². The summed E-state index contributed by atoms with van der Waals surface area (Å²) in [5.74, 6) is 1.80. The summed E-state index contributed by atoms with van der Waals surface area (Å²) in [5.41, 5.74) is 7.72. The molecule has 1 saturated heterocycles. The summed E-state index contributed by atoms with van der Waals surface area (Å²) in [7, 11) is 1.97. The van der Waals surface area contributed by atoms with E-state index >= 15 is 0 Å². The van der Waals surface area contributed by atoms with E-state index < -0.39 is 0 Å². The van der Waals surface area contributed by atoms with Gasteiger partial charge < -0.3 is 15.0 Å². The summed E-state index contributed by atoms with van der Waals surface area (Å²) in [5, 5.41) is 0. The number of ether oxygens (including phenoxy) is 1. The van der Waals surface area contributed by atoms with Gasteiger partial charge in [0.15, 0.2) is 0 Å². The summed E-state index contributed by atoms with van der Waals surface area (Å²) in [6.45, 7) is 8.10. The van der Waals surface area contributed by atoms with Crippen LogP contribution < -0.4 is 10.5 Å². The second-order valence-corrected chi connectivity index (χ2v) is 7.48. The molecular formula is C19H28N4O. The van der Waals surface area contributed by atoms with Gasteiger partial charge in [-0.1, -0.05) is 26.0 Å². The highest BCUT2D eigenvalue weighted by Gasteiger charge is 2.33. The van der Waals surface area contributed by atoms with Crippen molar-refractivity contribution in [2.24, 2.45) is 18.2 Å². The number of rotatable bonds is 5. The van der Waals surface area contributed by atoms with Crippen molar-refractivity contribution in [3.8, 4) is 5.75 Å². The third-order valence-electron chi connectivity index (χ3n) is 5.01. The molecule has 1 fully saturated rings. The molecule has 1 aliphatic heterocycles. The van der Waals surface area contributed by atoms with E-state index in [2.05, 4.69) is 35.9 Å². The average molecular weight is 328 g/mol. The highest BCUT2D eigenvalue weighted by Crippen LogP contribution is 2.28. The molecule has 1 atom stereocenters. The van der Waals surface area contributed by atoms with Gasteiger partial charge in [-0.2, -0.15) is 0 Å². The van der Waals surface area contributed by atoms with E-state index in [0.29, 0.717) is 12.6 Å². The van der Waals surface area contributed by atoms with E-state index in [4.69, 9.17) is 10.5 Å². The molecule has 0 radical (unpaired) electrons. The molecule has 0 saturated carbocycles. The minimum atomic E-state index is 0.184. The topological polar surface area (TPSA) is 56.3 Å². The number of hydrogen-bond acceptors (Lipinski definition) is 4. The van der Waals surface area contributed by atoms with Crippen LogP contribution in [-0.4, -0.2) is 33.6 Å². The number of aryl methyl sites for hydroxylation is 1. The van der Waals surface area contributed by atoms with Crippen LogP contribution in [0.4, 0.5) is 0 Å². The Morgan fingerprint density at radius 3 is 2.67 bits per heavy atom. The zero-order chi connectivity index (χ0) is 17.2. The SMILES string of the molecule is Cn1ccnc1COc1ccc(CN2CCC(N)C(C)(C)C2)cc1. The summed E-state index contributed by atoms with van der Waals surface area (Å²) >= 11 is 0. The Kier molecular flexibility index (Phi) is 4.92. The number of aromatic nitrogens is 2. The Balaban J connectivity index is 1.54. The number of nitrogens with two attached hydrogens (primary N) is 1. The first-order valence-electron chi connectivity index (χ1n) is 8.60. The van der Waals surface area contributed by atoms with Crippen molar-refractivity contribution >= 4 is 0 Å². The van der Waals surface area contributed by atoms with Gasteiger partial charge in [0.1, 0.15) is 18.2 Å². The molecule has 5 nitrogen and oxygen atoms in total. The highest BCUT2D eigenvalue weighted by molar-refractivity contribution is 5.27. The molecule has 1 aromatic carbocycles. The molecule has 1 unspecified atom stereocenters. The minimum Gasteiger partial charge on any atom is -0.486 e. The predicted octanol–water partition coefficient (Wildman–Crippen LogP) is 2.56. The summed E-state index contributed by atoms with van der Waals surface area (Å²) in [6.07, 6.45) is 4.78. The van der Waals surface area contributed by atoms with Gasteiger partial charge in [0.25, 0.3) is 0 Å². The molecule has 2 aromatic rings. The number of benzene rings is 1. The van der Waals surface area contributed by atoms with E-state index in [-0.39, 0.29) is 5.41 Å². The van der Waals surface area contributed by atoms with E-state index in [9.17, 15) is 0 Å². The van der Waals surface area contributed by atoms with E-state index in [1.165, 1.54) is 5.56 Å². The molecule has 5 heteroatoms. The molecule has 2 heterocycles. The smallest absolute Gasteiger partial charge is 0.146 e. The van der Waals surface area contributed by atoms with Crippen LogP contribution in [0.15, 0.2) is 36.7 Å². The number of piperidine rings is 1. The van der Waals surface area contributed by atoms with Gasteiger partial charge >= 0.3 is 0 Å². The van der Waals surface area contributed by atoms with Gasteiger partial charge in [-0.3, -0.25) is 4.90 Å². The van der Waals surface area contributed by atoms with Gasteiger partial charge in [-0.05, 0) is 29.5 Å². The molecule has 3 rings (SSSR count). The Morgan fingerprint density at radius 2 is 2.04 bits per heavy atom. The van der Waals surface area contributed by atoms with Crippen molar-refractivity contribution in [2.75, 3.05) is 13.1 Å². The molecular weight excluding hydrogens is 300 g/mol. The fourth-order valence-corrected chi connectivity index (χ4v) is 3.25. The van der Waals surface area contributed by atoms with Crippen LogP contribution in [0.5, 0.6) is 5.75 Å². The van der Waals surface area contributed by atoms with Crippen LogP contribution in [0.2, 0.25) is 0 Å². The maximum Gasteiger partial charge on any atom is 0.146 e. The highest BCUT2D eigenvalue weighted by atomic mass is 16.5. The summed E-state index contributed by atoms with van der Waals surface area (Å²) in [6, 6.07) is 8.68. The molecule has 0 bridgehead atoms. The molecule has 130 valence electrons. The molecule has 0 amide bonds. The lowest BCUT2D eigenvalue weighted by molar-refractivity contribution is 0.0898. The van der Waals surface area contributed by atoms with Crippen molar-refractivity contribution in [3.05, 3.63) is 48.0 Å². The lowest BCUT2D eigenvalue weighted by Crippen LogP contribution is -2.52. The van der Waals surface area contributed by atoms with Crippen LogP contribution >= 0.6 is 0 Å². The first-order valence-corrected chi connectivity index (χ1v) is 8.60. The molecule has 0 aliphatic carbocycles. The fourth-order valence-electron chi connectivity index (χ4n) is 3.25. The van der Waals surface area contributed by atoms with Gasteiger partial charge in [0, 0.05) is 45.1 Å². The Morgan fingerprint density at radius 1 is 1.29 bits per heavy atom. The third-order valence-corrected chi connectivity index (χ3v) is 5.01. The second kappa shape index (κ2) is 6.95. The summed E-state index contributed by atoms with van der Waals surface area (Å²) in [4.78, 5) is 6.76. The lowest BCUT2D eigenvalue weighted by atomic mass is 9.79. The quantitative estimate of drug-likeness (QED) is 0.916. The van der Waals surface area contributed by atoms with Crippen molar-refractivity contribution in [3.63, 3.8) is 0 Å². The molecule has 2 N–H and O–H groups in total. The molecule has 1 aromatic heterocycles. The van der Waals surface area contributed by atoms with Crippen LogP contribution in [-0.2, 0) is 20.2 Å². The van der Waals surface area contributed by atoms with E-state index in [1.807, 2.05) is 29.9 Å². The first kappa shape index (κ1) is 17.0. The number of nitrogens with zero attached hydrogens (tertiary/aromatic N) is 3. The maximum atomic E-state index is 6.22. The Labute approximate surface area is 144 Å². The monoisotopic (exact) mass is 328 g/mol. The van der Waals surface area contributed by atoms with Gasteiger partial charge in [0.2, 0.25) is 0 Å². The van der Waals surface area contributed by atoms with Crippen LogP contribution in [0.25, 0.3) is 0 Å². The normalized spacial score (nSPS) is 20.9. The first-order chi connectivity index (χ1) is 11.4. The van der Waals surface area contributed by atoms with E-state index in [1.54, 1.807) is 6.20 Å². The standard InChI is InChI=1S/C19H28N4O/c1-19(2)14-23(10-8-17(19)20)12-15-4-6-16(7-5-15)24-13-18-21-9-11-22(18)3/h4-7,9,11,17H,8,10,12-14,20H2,1-3H3. The van der Waals surface area contributed by atoms with Gasteiger partial charge in [0.05, 0.1) is 0 Å². The average Bonchev–Trinajstić information content (AvgIpc) is 2.95. The fraction of sp³-hybridized carbons (Fsp3) is 0.526. The van der Waals surface area contributed by atoms with Crippen molar-refractivity contribution < 1.29 is 4.74 Å². The zero-order valence-electron chi connectivity index (χ0n) is 14.9. The molecule has 1 aliphatic rings. The number of likely N-dealkylation sites (tertiary alicyclic amines) is 1. The number of imidazole rings is 1. The van der Waals surface area contributed by atoms with Crippen molar-refractivity contribution in [1.29, 1.82) is 0 Å². The third kappa shape index (κ3) is 3.97. The van der Waals surface area contributed by atoms with Gasteiger partial charge in [-0.25, -0.2) is 4.98 Å². The molecule has 24 heavy (non-hydrogen) atoms. The van der Waals surface area contributed by atoms with Crippen LogP contribution in [0, 0.1) is 5.41 Å². The largest absolute Gasteiger partial charge is 0.486 e. The Bertz CT molecular complexity index is 662. The van der Waals surface area contributed by atoms with Crippen LogP contribution in [0.1, 0.15) is 31.7 Å². The lowest BCUT2D eigenvalue weighted by Gasteiger charge is -2.42. The van der Waals surface area contributed by atoms with Crippen LogP contribution in [0.3, 0.4) is 0 Å². The zero-order valence-corrected chi connectivity index (χ0v) is 14.9. The van der Waals surface area contributed by atoms with Gasteiger partial charge in [-0.15, -0.1) is 0 Å². The predicted molar refractivity (Wildman–Crippen MR) is 95.6 cm³/mol. The van der Waals surface area contributed by atoms with Crippen molar-refractivity contribution in [1.82, 2.24) is 14.5 Å². The molecule has 0 spiro atoms.